The highest BCUT2D eigenvalue weighted by Gasteiger charge is 2.15. The van der Waals surface area contributed by atoms with Gasteiger partial charge < -0.3 is 0 Å². The molecule has 2 unspecified atom stereocenters. The van der Waals surface area contributed by atoms with Crippen LogP contribution < -0.4 is 5.32 Å². The largest absolute Gasteiger partial charge is 0.287 e. The van der Waals surface area contributed by atoms with Crippen LogP contribution >= 0.6 is 0 Å². The predicted octanol–water partition coefficient (Wildman–Crippen LogP) is 1.44. The van der Waals surface area contributed by atoms with Crippen molar-refractivity contribution in [2.75, 3.05) is 6.61 Å². The van der Waals surface area contributed by atoms with Crippen LogP contribution in [0.1, 0.15) is 33.1 Å². The van der Waals surface area contributed by atoms with Gasteiger partial charge in [0.05, 0.1) is 6.61 Å². The Labute approximate surface area is 68.0 Å². The fraction of sp³-hybridized carbons (Fsp3) is 1.00. The number of rotatable bonds is 3. The van der Waals surface area contributed by atoms with Crippen molar-refractivity contribution >= 4 is 0 Å². The molecule has 1 heterocycles. The SMILES string of the molecule is CCC(C)NC1CCCOO1. The first-order chi connectivity index (χ1) is 5.33. The summed E-state index contributed by atoms with van der Waals surface area (Å²) in [6.45, 7) is 5.04. The molecular formula is C8H17NO2. The standard InChI is InChI=1S/C8H17NO2/c1-3-7(2)9-8-5-4-6-10-11-8/h7-9H,3-6H2,1-2H3. The summed E-state index contributed by atoms with van der Waals surface area (Å²) in [5, 5.41) is 3.32. The number of hydrogen-bond acceptors (Lipinski definition) is 3. The van der Waals surface area contributed by atoms with E-state index in [1.165, 1.54) is 0 Å². The van der Waals surface area contributed by atoms with E-state index >= 15 is 0 Å². The summed E-state index contributed by atoms with van der Waals surface area (Å²) in [5.41, 5.74) is 0. The Hall–Kier alpha value is -0.120. The minimum atomic E-state index is 0.110. The second-order valence-corrected chi connectivity index (χ2v) is 3.03. The van der Waals surface area contributed by atoms with E-state index in [0.717, 1.165) is 25.9 Å². The molecule has 1 saturated heterocycles. The highest BCUT2D eigenvalue weighted by atomic mass is 17.2. The number of nitrogens with one attached hydrogen (secondary N) is 1. The molecule has 0 aromatic rings. The quantitative estimate of drug-likeness (QED) is 0.632. The van der Waals surface area contributed by atoms with Crippen molar-refractivity contribution < 1.29 is 9.78 Å². The van der Waals surface area contributed by atoms with Gasteiger partial charge in [-0.25, -0.2) is 9.78 Å². The van der Waals surface area contributed by atoms with Gasteiger partial charge in [-0.15, -0.1) is 0 Å². The van der Waals surface area contributed by atoms with Gasteiger partial charge in [0, 0.05) is 6.04 Å². The highest BCUT2D eigenvalue weighted by molar-refractivity contribution is 4.63. The predicted molar refractivity (Wildman–Crippen MR) is 42.9 cm³/mol. The molecule has 1 aliphatic heterocycles. The maximum Gasteiger partial charge on any atom is 0.144 e. The van der Waals surface area contributed by atoms with Crippen molar-refractivity contribution in [1.82, 2.24) is 5.32 Å². The van der Waals surface area contributed by atoms with Crippen LogP contribution in [0.2, 0.25) is 0 Å². The molecule has 1 rings (SSSR count). The molecule has 0 aromatic heterocycles. The lowest BCUT2D eigenvalue weighted by atomic mass is 10.2. The van der Waals surface area contributed by atoms with Crippen molar-refractivity contribution in [3.63, 3.8) is 0 Å². The fourth-order valence-corrected chi connectivity index (χ4v) is 1.05. The van der Waals surface area contributed by atoms with E-state index in [1.807, 2.05) is 0 Å². The van der Waals surface area contributed by atoms with E-state index in [-0.39, 0.29) is 6.23 Å². The first-order valence-electron chi connectivity index (χ1n) is 4.37. The second kappa shape index (κ2) is 4.70. The molecule has 1 N–H and O–H groups in total. The van der Waals surface area contributed by atoms with E-state index < -0.39 is 0 Å². The molecule has 0 aromatic carbocycles. The van der Waals surface area contributed by atoms with Gasteiger partial charge in [-0.3, -0.25) is 5.32 Å². The minimum absolute atomic E-state index is 0.110. The lowest BCUT2D eigenvalue weighted by Crippen LogP contribution is -2.40. The molecular weight excluding hydrogens is 142 g/mol. The van der Waals surface area contributed by atoms with Crippen LogP contribution in [0.4, 0.5) is 0 Å². The van der Waals surface area contributed by atoms with Gasteiger partial charge in [0.1, 0.15) is 6.23 Å². The van der Waals surface area contributed by atoms with Crippen molar-refractivity contribution in [1.29, 1.82) is 0 Å². The van der Waals surface area contributed by atoms with Crippen LogP contribution in [0.25, 0.3) is 0 Å². The minimum Gasteiger partial charge on any atom is -0.287 e. The molecule has 0 spiro atoms. The van der Waals surface area contributed by atoms with E-state index in [4.69, 9.17) is 9.78 Å². The summed E-state index contributed by atoms with van der Waals surface area (Å²) in [5.74, 6) is 0. The van der Waals surface area contributed by atoms with E-state index in [0.29, 0.717) is 6.04 Å². The van der Waals surface area contributed by atoms with Gasteiger partial charge in [0.2, 0.25) is 0 Å². The molecule has 11 heavy (non-hydrogen) atoms. The van der Waals surface area contributed by atoms with Crippen LogP contribution in [-0.2, 0) is 9.78 Å². The van der Waals surface area contributed by atoms with Gasteiger partial charge in [-0.2, -0.15) is 0 Å². The maximum absolute atomic E-state index is 5.04. The maximum atomic E-state index is 5.04. The van der Waals surface area contributed by atoms with Gasteiger partial charge in [-0.1, -0.05) is 6.92 Å². The molecule has 2 atom stereocenters. The van der Waals surface area contributed by atoms with Crippen LogP contribution in [0.15, 0.2) is 0 Å². The van der Waals surface area contributed by atoms with Crippen molar-refractivity contribution in [3.05, 3.63) is 0 Å². The molecule has 0 radical (unpaired) electrons. The zero-order valence-corrected chi connectivity index (χ0v) is 7.30. The van der Waals surface area contributed by atoms with Gasteiger partial charge in [-0.05, 0) is 26.2 Å². The van der Waals surface area contributed by atoms with Gasteiger partial charge >= 0.3 is 0 Å². The zero-order chi connectivity index (χ0) is 8.10. The molecule has 3 heteroatoms. The smallest absolute Gasteiger partial charge is 0.144 e. The summed E-state index contributed by atoms with van der Waals surface area (Å²) in [7, 11) is 0. The Bertz CT molecular complexity index is 102. The Morgan fingerprint density at radius 2 is 2.45 bits per heavy atom. The number of hydrogen-bond donors (Lipinski definition) is 1. The monoisotopic (exact) mass is 159 g/mol. The summed E-state index contributed by atoms with van der Waals surface area (Å²) >= 11 is 0. The average molecular weight is 159 g/mol. The topological polar surface area (TPSA) is 30.5 Å². The van der Waals surface area contributed by atoms with Crippen LogP contribution in [0.5, 0.6) is 0 Å². The van der Waals surface area contributed by atoms with Gasteiger partial charge in [0.25, 0.3) is 0 Å². The van der Waals surface area contributed by atoms with Crippen molar-refractivity contribution in [3.8, 4) is 0 Å². The fourth-order valence-electron chi connectivity index (χ4n) is 1.05. The highest BCUT2D eigenvalue weighted by Crippen LogP contribution is 2.08. The molecule has 0 amide bonds. The molecule has 1 aliphatic rings. The van der Waals surface area contributed by atoms with Crippen molar-refractivity contribution in [2.24, 2.45) is 0 Å². The summed E-state index contributed by atoms with van der Waals surface area (Å²) in [6, 6.07) is 0.515. The molecule has 0 bridgehead atoms. The Kier molecular flexibility index (Phi) is 3.83. The van der Waals surface area contributed by atoms with E-state index in [9.17, 15) is 0 Å². The molecule has 1 fully saturated rings. The van der Waals surface area contributed by atoms with Crippen LogP contribution in [-0.4, -0.2) is 18.9 Å². The van der Waals surface area contributed by atoms with E-state index in [1.54, 1.807) is 0 Å². The second-order valence-electron chi connectivity index (χ2n) is 3.03. The first kappa shape index (κ1) is 8.97. The van der Waals surface area contributed by atoms with E-state index in [2.05, 4.69) is 19.2 Å². The molecule has 3 nitrogen and oxygen atoms in total. The van der Waals surface area contributed by atoms with Gasteiger partial charge in [0.15, 0.2) is 0 Å². The lowest BCUT2D eigenvalue weighted by Gasteiger charge is -2.24. The Morgan fingerprint density at radius 3 is 3.00 bits per heavy atom. The van der Waals surface area contributed by atoms with Crippen molar-refractivity contribution in [2.45, 2.75) is 45.4 Å². The summed E-state index contributed by atoms with van der Waals surface area (Å²) < 4.78 is 0. The Morgan fingerprint density at radius 1 is 1.64 bits per heavy atom. The molecule has 0 saturated carbocycles. The summed E-state index contributed by atoms with van der Waals surface area (Å²) in [4.78, 5) is 9.90. The third kappa shape index (κ3) is 3.18. The molecule has 0 aliphatic carbocycles. The normalized spacial score (nSPS) is 28.4. The third-order valence-corrected chi connectivity index (χ3v) is 1.96. The first-order valence-corrected chi connectivity index (χ1v) is 4.37. The van der Waals surface area contributed by atoms with Crippen LogP contribution in [0, 0.1) is 0 Å². The van der Waals surface area contributed by atoms with Crippen LogP contribution in [0.3, 0.4) is 0 Å². The Balaban J connectivity index is 2.13. The third-order valence-electron chi connectivity index (χ3n) is 1.96. The average Bonchev–Trinajstić information content (AvgIpc) is 2.06. The lowest BCUT2D eigenvalue weighted by molar-refractivity contribution is -0.351. The zero-order valence-electron chi connectivity index (χ0n) is 7.30. The molecule has 66 valence electrons. The summed E-state index contributed by atoms with van der Waals surface area (Å²) in [6.07, 6.45) is 3.39.